The van der Waals surface area contributed by atoms with Crippen molar-refractivity contribution in [2.75, 3.05) is 0 Å². The Kier molecular flexibility index (Phi) is 3.98. The highest BCUT2D eigenvalue weighted by molar-refractivity contribution is 5.39. The molecule has 0 N–H and O–H groups in total. The van der Waals surface area contributed by atoms with Crippen LogP contribution < -0.4 is 4.74 Å². The lowest BCUT2D eigenvalue weighted by Gasteiger charge is -2.10. The van der Waals surface area contributed by atoms with E-state index in [0.29, 0.717) is 0 Å². The zero-order chi connectivity index (χ0) is 13.0. The van der Waals surface area contributed by atoms with Crippen LogP contribution in [0, 0.1) is 13.8 Å². The van der Waals surface area contributed by atoms with Crippen molar-refractivity contribution in [2.45, 2.75) is 33.6 Å². The van der Waals surface area contributed by atoms with Crippen LogP contribution in [-0.2, 0) is 6.42 Å². The van der Waals surface area contributed by atoms with Crippen molar-refractivity contribution in [3.05, 3.63) is 53.3 Å². The predicted molar refractivity (Wildman–Crippen MR) is 74.2 cm³/mol. The molecule has 0 amide bonds. The Morgan fingerprint density at radius 2 is 1.94 bits per heavy atom. The van der Waals surface area contributed by atoms with Gasteiger partial charge in [0, 0.05) is 6.20 Å². The van der Waals surface area contributed by atoms with E-state index in [0.717, 1.165) is 29.9 Å². The molecule has 2 aromatic rings. The predicted octanol–water partition coefficient (Wildman–Crippen LogP) is 4.44. The van der Waals surface area contributed by atoms with Gasteiger partial charge in [0.05, 0.1) is 6.20 Å². The molecule has 0 spiro atoms. The third-order valence-corrected chi connectivity index (χ3v) is 2.87. The van der Waals surface area contributed by atoms with Crippen LogP contribution in [0.15, 0.2) is 36.7 Å². The molecule has 0 radical (unpaired) electrons. The first-order chi connectivity index (χ1) is 8.69. The van der Waals surface area contributed by atoms with Gasteiger partial charge in [-0.15, -0.1) is 0 Å². The van der Waals surface area contributed by atoms with Crippen LogP contribution >= 0.6 is 0 Å². The topological polar surface area (TPSA) is 22.1 Å². The maximum Gasteiger partial charge on any atom is 0.145 e. The summed E-state index contributed by atoms with van der Waals surface area (Å²) in [7, 11) is 0. The van der Waals surface area contributed by atoms with Crippen molar-refractivity contribution in [3.8, 4) is 11.5 Å². The molecule has 0 aliphatic rings. The Bertz CT molecular complexity index is 534. The van der Waals surface area contributed by atoms with Crippen molar-refractivity contribution >= 4 is 0 Å². The second kappa shape index (κ2) is 5.67. The van der Waals surface area contributed by atoms with Gasteiger partial charge in [-0.2, -0.15) is 0 Å². The van der Waals surface area contributed by atoms with E-state index in [1.807, 2.05) is 12.3 Å². The van der Waals surface area contributed by atoms with Crippen LogP contribution in [0.2, 0.25) is 0 Å². The maximum absolute atomic E-state index is 5.89. The molecule has 2 heteroatoms. The molecule has 0 aliphatic carbocycles. The van der Waals surface area contributed by atoms with Gasteiger partial charge in [-0.1, -0.05) is 31.0 Å². The minimum Gasteiger partial charge on any atom is -0.455 e. The molecule has 2 rings (SSSR count). The van der Waals surface area contributed by atoms with Gasteiger partial charge < -0.3 is 4.74 Å². The molecule has 0 aliphatic heterocycles. The van der Waals surface area contributed by atoms with E-state index in [2.05, 4.69) is 44.0 Å². The summed E-state index contributed by atoms with van der Waals surface area (Å²) in [6, 6.07) is 8.26. The Labute approximate surface area is 109 Å². The van der Waals surface area contributed by atoms with E-state index in [1.165, 1.54) is 11.1 Å². The molecule has 0 atom stereocenters. The van der Waals surface area contributed by atoms with Gasteiger partial charge in [-0.05, 0) is 43.5 Å². The summed E-state index contributed by atoms with van der Waals surface area (Å²) in [5.41, 5.74) is 3.62. The summed E-state index contributed by atoms with van der Waals surface area (Å²) in [6.07, 6.45) is 5.82. The second-order valence-electron chi connectivity index (χ2n) is 4.65. The van der Waals surface area contributed by atoms with Crippen LogP contribution in [0.25, 0.3) is 0 Å². The number of aromatic nitrogens is 1. The Hall–Kier alpha value is -1.83. The molecular weight excluding hydrogens is 222 g/mol. The van der Waals surface area contributed by atoms with Crippen LogP contribution in [0.5, 0.6) is 11.5 Å². The molecule has 0 saturated carbocycles. The lowest BCUT2D eigenvalue weighted by molar-refractivity contribution is 0.475. The van der Waals surface area contributed by atoms with E-state index in [-0.39, 0.29) is 0 Å². The van der Waals surface area contributed by atoms with Gasteiger partial charge >= 0.3 is 0 Å². The molecule has 0 saturated heterocycles. The summed E-state index contributed by atoms with van der Waals surface area (Å²) in [5.74, 6) is 1.71. The lowest BCUT2D eigenvalue weighted by Crippen LogP contribution is -1.91. The van der Waals surface area contributed by atoms with Gasteiger partial charge in [0.15, 0.2) is 0 Å². The van der Waals surface area contributed by atoms with Crippen molar-refractivity contribution in [1.29, 1.82) is 0 Å². The normalized spacial score (nSPS) is 10.4. The quantitative estimate of drug-likeness (QED) is 0.789. The summed E-state index contributed by atoms with van der Waals surface area (Å²) in [6.45, 7) is 6.31. The van der Waals surface area contributed by atoms with E-state index >= 15 is 0 Å². The molecule has 1 heterocycles. The fourth-order valence-corrected chi connectivity index (χ4v) is 1.99. The Morgan fingerprint density at radius 1 is 1.11 bits per heavy atom. The minimum atomic E-state index is 0.813. The average Bonchev–Trinajstić information content (AvgIpc) is 2.34. The van der Waals surface area contributed by atoms with Crippen molar-refractivity contribution < 1.29 is 4.74 Å². The molecule has 0 bridgehead atoms. The smallest absolute Gasteiger partial charge is 0.145 e. The summed E-state index contributed by atoms with van der Waals surface area (Å²) in [5, 5.41) is 0. The van der Waals surface area contributed by atoms with Crippen molar-refractivity contribution in [1.82, 2.24) is 4.98 Å². The number of hydrogen-bond donors (Lipinski definition) is 0. The van der Waals surface area contributed by atoms with E-state index in [4.69, 9.17) is 4.74 Å². The number of aryl methyl sites for hydroxylation is 3. The number of benzene rings is 1. The summed E-state index contributed by atoms with van der Waals surface area (Å²) >= 11 is 0. The first-order valence-corrected chi connectivity index (χ1v) is 6.38. The minimum absolute atomic E-state index is 0.813. The van der Waals surface area contributed by atoms with Crippen LogP contribution in [0.4, 0.5) is 0 Å². The highest BCUT2D eigenvalue weighted by Crippen LogP contribution is 2.25. The molecule has 2 nitrogen and oxygen atoms in total. The Morgan fingerprint density at radius 3 is 2.67 bits per heavy atom. The van der Waals surface area contributed by atoms with Gasteiger partial charge in [-0.25, -0.2) is 0 Å². The average molecular weight is 241 g/mol. The zero-order valence-electron chi connectivity index (χ0n) is 11.2. The molecule has 1 aromatic heterocycles. The third-order valence-electron chi connectivity index (χ3n) is 2.87. The SMILES string of the molecule is CCCc1cncc(Oc2ccc(C)cc2C)c1. The van der Waals surface area contributed by atoms with Gasteiger partial charge in [0.25, 0.3) is 0 Å². The van der Waals surface area contributed by atoms with Crippen LogP contribution in [0.3, 0.4) is 0 Å². The van der Waals surface area contributed by atoms with Gasteiger partial charge in [0.1, 0.15) is 11.5 Å². The second-order valence-corrected chi connectivity index (χ2v) is 4.65. The molecular formula is C16H19NO. The first-order valence-electron chi connectivity index (χ1n) is 6.38. The molecule has 94 valence electrons. The fraction of sp³-hybridized carbons (Fsp3) is 0.312. The van der Waals surface area contributed by atoms with Gasteiger partial charge in [0.2, 0.25) is 0 Å². The molecule has 0 unspecified atom stereocenters. The fourth-order valence-electron chi connectivity index (χ4n) is 1.99. The number of pyridine rings is 1. The van der Waals surface area contributed by atoms with Crippen LogP contribution in [0.1, 0.15) is 30.0 Å². The molecule has 18 heavy (non-hydrogen) atoms. The molecule has 0 fully saturated rings. The highest BCUT2D eigenvalue weighted by atomic mass is 16.5. The van der Waals surface area contributed by atoms with E-state index in [9.17, 15) is 0 Å². The van der Waals surface area contributed by atoms with Crippen molar-refractivity contribution in [2.24, 2.45) is 0 Å². The van der Waals surface area contributed by atoms with Crippen LogP contribution in [-0.4, -0.2) is 4.98 Å². The van der Waals surface area contributed by atoms with E-state index < -0.39 is 0 Å². The third kappa shape index (κ3) is 3.10. The number of rotatable bonds is 4. The largest absolute Gasteiger partial charge is 0.455 e. The van der Waals surface area contributed by atoms with E-state index in [1.54, 1.807) is 6.20 Å². The maximum atomic E-state index is 5.89. The highest BCUT2D eigenvalue weighted by Gasteiger charge is 2.03. The summed E-state index contributed by atoms with van der Waals surface area (Å²) in [4.78, 5) is 4.22. The van der Waals surface area contributed by atoms with Gasteiger partial charge in [-0.3, -0.25) is 4.98 Å². The Balaban J connectivity index is 2.20. The zero-order valence-corrected chi connectivity index (χ0v) is 11.2. The molecule has 1 aromatic carbocycles. The standard InChI is InChI=1S/C16H19NO/c1-4-5-14-9-15(11-17-10-14)18-16-7-6-12(2)8-13(16)3/h6-11H,4-5H2,1-3H3. The monoisotopic (exact) mass is 241 g/mol. The lowest BCUT2D eigenvalue weighted by atomic mass is 10.1. The number of nitrogens with zero attached hydrogens (tertiary/aromatic N) is 1. The number of ether oxygens (including phenoxy) is 1. The first kappa shape index (κ1) is 12.6. The summed E-state index contributed by atoms with van der Waals surface area (Å²) < 4.78 is 5.89. The van der Waals surface area contributed by atoms with Crippen molar-refractivity contribution in [3.63, 3.8) is 0 Å². The number of hydrogen-bond acceptors (Lipinski definition) is 2.